The molecule has 0 bridgehead atoms. The van der Waals surface area contributed by atoms with Crippen LogP contribution in [0, 0.1) is 0 Å². The summed E-state index contributed by atoms with van der Waals surface area (Å²) in [5, 5.41) is 9.32. The smallest absolute Gasteiger partial charge is 0.285 e. The van der Waals surface area contributed by atoms with Gasteiger partial charge in [-0.15, -0.1) is 0 Å². The molecule has 0 aromatic carbocycles. The number of aromatic amines is 1. The second kappa shape index (κ2) is 5.75. The molecule has 2 N–H and O–H groups in total. The summed E-state index contributed by atoms with van der Waals surface area (Å²) in [6.45, 7) is 4.21. The fraction of sp³-hybridized carbons (Fsp3) is 0.600. The van der Waals surface area contributed by atoms with Gasteiger partial charge in [-0.1, -0.05) is 31.4 Å². The van der Waals surface area contributed by atoms with Crippen LogP contribution in [0.2, 0.25) is 5.02 Å². The predicted molar refractivity (Wildman–Crippen MR) is 62.5 cm³/mol. The van der Waals surface area contributed by atoms with Crippen molar-refractivity contribution in [2.45, 2.75) is 39.2 Å². The molecule has 84 valence electrons. The van der Waals surface area contributed by atoms with Crippen LogP contribution in [0.4, 0.5) is 5.69 Å². The number of aromatic nitrogens is 2. The summed E-state index contributed by atoms with van der Waals surface area (Å²) in [7, 11) is 0. The molecule has 1 aromatic heterocycles. The van der Waals surface area contributed by atoms with Gasteiger partial charge >= 0.3 is 0 Å². The van der Waals surface area contributed by atoms with Crippen LogP contribution in [0.3, 0.4) is 0 Å². The average molecular weight is 230 g/mol. The van der Waals surface area contributed by atoms with E-state index in [1.807, 2.05) is 0 Å². The van der Waals surface area contributed by atoms with Gasteiger partial charge in [0, 0.05) is 6.04 Å². The molecule has 0 amide bonds. The number of H-pyrrole nitrogens is 1. The van der Waals surface area contributed by atoms with Crippen molar-refractivity contribution in [3.63, 3.8) is 0 Å². The zero-order valence-corrected chi connectivity index (χ0v) is 9.77. The summed E-state index contributed by atoms with van der Waals surface area (Å²) in [4.78, 5) is 11.1. The van der Waals surface area contributed by atoms with Crippen molar-refractivity contribution in [1.82, 2.24) is 10.2 Å². The van der Waals surface area contributed by atoms with Crippen LogP contribution in [0.5, 0.6) is 0 Å². The van der Waals surface area contributed by atoms with Crippen LogP contribution in [0.25, 0.3) is 0 Å². The van der Waals surface area contributed by atoms with Crippen molar-refractivity contribution in [3.8, 4) is 0 Å². The zero-order valence-electron chi connectivity index (χ0n) is 9.01. The highest BCUT2D eigenvalue weighted by Crippen LogP contribution is 2.16. The molecule has 0 aliphatic carbocycles. The van der Waals surface area contributed by atoms with E-state index in [0.717, 1.165) is 19.3 Å². The molecule has 0 aliphatic rings. The van der Waals surface area contributed by atoms with Crippen molar-refractivity contribution in [1.29, 1.82) is 0 Å². The van der Waals surface area contributed by atoms with Gasteiger partial charge in [0.15, 0.2) is 0 Å². The monoisotopic (exact) mass is 229 g/mol. The van der Waals surface area contributed by atoms with Crippen molar-refractivity contribution in [3.05, 3.63) is 21.6 Å². The van der Waals surface area contributed by atoms with Gasteiger partial charge in [0.25, 0.3) is 5.56 Å². The summed E-state index contributed by atoms with van der Waals surface area (Å²) < 4.78 is 0. The third-order valence-corrected chi connectivity index (χ3v) is 2.56. The lowest BCUT2D eigenvalue weighted by Gasteiger charge is -2.14. The predicted octanol–water partition coefficient (Wildman–Crippen LogP) is 2.41. The topological polar surface area (TPSA) is 57.8 Å². The Labute approximate surface area is 94.0 Å². The maximum atomic E-state index is 11.1. The van der Waals surface area contributed by atoms with Crippen LogP contribution in [0.15, 0.2) is 11.0 Å². The lowest BCUT2D eigenvalue weighted by Crippen LogP contribution is -2.18. The number of nitrogens with zero attached hydrogens (tertiary/aromatic N) is 1. The maximum absolute atomic E-state index is 11.1. The Kier molecular flexibility index (Phi) is 4.62. The zero-order chi connectivity index (χ0) is 11.3. The highest BCUT2D eigenvalue weighted by atomic mass is 35.5. The Morgan fingerprint density at radius 2 is 2.40 bits per heavy atom. The Hall–Kier alpha value is -1.03. The van der Waals surface area contributed by atoms with Gasteiger partial charge < -0.3 is 5.32 Å². The molecule has 4 nitrogen and oxygen atoms in total. The van der Waals surface area contributed by atoms with E-state index < -0.39 is 0 Å². The Morgan fingerprint density at radius 3 is 3.07 bits per heavy atom. The van der Waals surface area contributed by atoms with Crippen LogP contribution in [0.1, 0.15) is 33.1 Å². The summed E-state index contributed by atoms with van der Waals surface area (Å²) in [5.74, 6) is 0. The second-order valence-electron chi connectivity index (χ2n) is 3.61. The van der Waals surface area contributed by atoms with Gasteiger partial charge in [-0.05, 0) is 13.3 Å². The van der Waals surface area contributed by atoms with Gasteiger partial charge in [-0.3, -0.25) is 4.79 Å². The van der Waals surface area contributed by atoms with Gasteiger partial charge in [-0.2, -0.15) is 5.10 Å². The van der Waals surface area contributed by atoms with Gasteiger partial charge in [0.2, 0.25) is 0 Å². The van der Waals surface area contributed by atoms with E-state index in [4.69, 9.17) is 11.6 Å². The molecular weight excluding hydrogens is 214 g/mol. The van der Waals surface area contributed by atoms with E-state index >= 15 is 0 Å². The highest BCUT2D eigenvalue weighted by Gasteiger charge is 2.07. The number of rotatable bonds is 5. The molecule has 0 aliphatic heterocycles. The molecule has 0 spiro atoms. The van der Waals surface area contributed by atoms with E-state index in [9.17, 15) is 4.79 Å². The summed E-state index contributed by atoms with van der Waals surface area (Å²) >= 11 is 5.83. The fourth-order valence-electron chi connectivity index (χ4n) is 1.33. The Balaban J connectivity index is 2.64. The normalized spacial score (nSPS) is 12.5. The minimum atomic E-state index is -0.357. The first-order valence-corrected chi connectivity index (χ1v) is 5.52. The van der Waals surface area contributed by atoms with Gasteiger partial charge in [-0.25, -0.2) is 5.10 Å². The quantitative estimate of drug-likeness (QED) is 0.815. The molecule has 5 heteroatoms. The Bertz CT molecular complexity index is 364. The molecule has 0 saturated heterocycles. The number of hydrogen-bond donors (Lipinski definition) is 2. The molecule has 1 atom stereocenters. The average Bonchev–Trinajstić information content (AvgIpc) is 2.22. The second-order valence-corrected chi connectivity index (χ2v) is 3.99. The summed E-state index contributed by atoms with van der Waals surface area (Å²) in [5.41, 5.74) is 0.244. The van der Waals surface area contributed by atoms with Crippen molar-refractivity contribution >= 4 is 17.3 Å². The van der Waals surface area contributed by atoms with E-state index in [0.29, 0.717) is 11.7 Å². The molecule has 0 saturated carbocycles. The fourth-order valence-corrected chi connectivity index (χ4v) is 1.48. The van der Waals surface area contributed by atoms with Crippen molar-refractivity contribution in [2.75, 3.05) is 5.32 Å². The lowest BCUT2D eigenvalue weighted by molar-refractivity contribution is 0.644. The standard InChI is InChI=1S/C10H16ClN3O/c1-3-4-5-7(2)13-8-6-12-14-10(15)9(8)11/h6-7H,3-5H2,1-2H3,(H2,13,14,15). The first kappa shape index (κ1) is 12.0. The van der Waals surface area contributed by atoms with Crippen molar-refractivity contribution in [2.24, 2.45) is 0 Å². The SMILES string of the molecule is CCCCC(C)Nc1cn[nH]c(=O)c1Cl. The van der Waals surface area contributed by atoms with E-state index in [-0.39, 0.29) is 10.6 Å². The lowest BCUT2D eigenvalue weighted by atomic mass is 10.1. The molecule has 1 unspecified atom stereocenters. The third-order valence-electron chi connectivity index (χ3n) is 2.19. The van der Waals surface area contributed by atoms with E-state index in [2.05, 4.69) is 29.4 Å². The number of unbranched alkanes of at least 4 members (excludes halogenated alkanes) is 1. The number of anilines is 1. The van der Waals surface area contributed by atoms with Crippen LogP contribution in [-0.4, -0.2) is 16.2 Å². The van der Waals surface area contributed by atoms with Gasteiger partial charge in [0.1, 0.15) is 5.02 Å². The van der Waals surface area contributed by atoms with Gasteiger partial charge in [0.05, 0.1) is 11.9 Å². The van der Waals surface area contributed by atoms with Crippen molar-refractivity contribution < 1.29 is 0 Å². The maximum Gasteiger partial charge on any atom is 0.285 e. The van der Waals surface area contributed by atoms with Crippen LogP contribution < -0.4 is 10.9 Å². The third kappa shape index (κ3) is 3.55. The molecule has 0 radical (unpaired) electrons. The first-order valence-electron chi connectivity index (χ1n) is 5.14. The van der Waals surface area contributed by atoms with Crippen LogP contribution >= 0.6 is 11.6 Å². The van der Waals surface area contributed by atoms with E-state index in [1.165, 1.54) is 6.20 Å². The van der Waals surface area contributed by atoms with E-state index in [1.54, 1.807) is 0 Å². The molecule has 1 heterocycles. The Morgan fingerprint density at radius 1 is 1.67 bits per heavy atom. The largest absolute Gasteiger partial charge is 0.380 e. The minimum absolute atomic E-state index is 0.174. The molecule has 1 rings (SSSR count). The summed E-state index contributed by atoms with van der Waals surface area (Å²) in [6.07, 6.45) is 4.90. The molecule has 1 aromatic rings. The molecule has 15 heavy (non-hydrogen) atoms. The molecule has 0 fully saturated rings. The highest BCUT2D eigenvalue weighted by molar-refractivity contribution is 6.32. The molecular formula is C10H16ClN3O. The number of hydrogen-bond acceptors (Lipinski definition) is 3. The number of nitrogens with one attached hydrogen (secondary N) is 2. The van der Waals surface area contributed by atoms with Crippen LogP contribution in [-0.2, 0) is 0 Å². The minimum Gasteiger partial charge on any atom is -0.380 e. The number of halogens is 1. The first-order chi connectivity index (χ1) is 7.15. The summed E-state index contributed by atoms with van der Waals surface area (Å²) in [6, 6.07) is 0.297.